The van der Waals surface area contributed by atoms with Crippen molar-refractivity contribution in [2.45, 2.75) is 31.5 Å². The molecule has 0 aliphatic carbocycles. The molecule has 4 heterocycles. The summed E-state index contributed by atoms with van der Waals surface area (Å²) >= 11 is 0. The van der Waals surface area contributed by atoms with Gasteiger partial charge in [0.15, 0.2) is 0 Å². The van der Waals surface area contributed by atoms with Crippen LogP contribution in [0.2, 0.25) is 0 Å². The predicted octanol–water partition coefficient (Wildman–Crippen LogP) is 4.21. The van der Waals surface area contributed by atoms with Crippen molar-refractivity contribution in [3.8, 4) is 5.75 Å². The Bertz CT molecular complexity index is 1350. The first-order valence-electron chi connectivity index (χ1n) is 13.2. The van der Waals surface area contributed by atoms with Crippen LogP contribution in [0.4, 0.5) is 19.0 Å². The van der Waals surface area contributed by atoms with Crippen LogP contribution in [0.1, 0.15) is 34.3 Å². The van der Waals surface area contributed by atoms with Gasteiger partial charge in [0, 0.05) is 51.3 Å². The Balaban J connectivity index is 1.41. The minimum atomic E-state index is -4.72. The van der Waals surface area contributed by atoms with Gasteiger partial charge in [-0.3, -0.25) is 14.6 Å². The van der Waals surface area contributed by atoms with Gasteiger partial charge < -0.3 is 19.4 Å². The SMILES string of the molecule is Cc1ccc(O[C@@]2(C(=O)N3CCN(c4ccccn4)CC3)CCCN(C(=O)c3cnccc3C(F)(F)F)C2)cc1. The van der Waals surface area contributed by atoms with Crippen molar-refractivity contribution in [1.82, 2.24) is 19.8 Å². The summed E-state index contributed by atoms with van der Waals surface area (Å²) in [4.78, 5) is 40.8. The molecule has 2 aliphatic heterocycles. The maximum atomic E-state index is 14.2. The van der Waals surface area contributed by atoms with Gasteiger partial charge in [-0.25, -0.2) is 4.98 Å². The fraction of sp³-hybridized carbons (Fsp3) is 0.379. The number of benzene rings is 1. The number of aryl methyl sites for hydroxylation is 1. The fourth-order valence-corrected chi connectivity index (χ4v) is 5.28. The van der Waals surface area contributed by atoms with Crippen LogP contribution in [0.5, 0.6) is 5.75 Å². The average molecular weight is 554 g/mol. The van der Waals surface area contributed by atoms with E-state index in [1.165, 1.54) is 4.90 Å². The quantitative estimate of drug-likeness (QED) is 0.471. The second-order valence-electron chi connectivity index (χ2n) is 10.1. The number of piperazine rings is 1. The minimum Gasteiger partial charge on any atom is -0.476 e. The molecule has 0 bridgehead atoms. The van der Waals surface area contributed by atoms with Gasteiger partial charge >= 0.3 is 6.18 Å². The van der Waals surface area contributed by atoms with Gasteiger partial charge in [0.2, 0.25) is 5.60 Å². The number of aromatic nitrogens is 2. The van der Waals surface area contributed by atoms with Crippen molar-refractivity contribution in [3.05, 3.63) is 83.8 Å². The molecule has 210 valence electrons. The van der Waals surface area contributed by atoms with E-state index in [-0.39, 0.29) is 19.0 Å². The van der Waals surface area contributed by atoms with E-state index in [2.05, 4.69) is 14.9 Å². The highest BCUT2D eigenvalue weighted by Crippen LogP contribution is 2.35. The van der Waals surface area contributed by atoms with Crippen molar-refractivity contribution >= 4 is 17.6 Å². The minimum absolute atomic E-state index is 0.175. The van der Waals surface area contributed by atoms with Crippen LogP contribution in [-0.4, -0.2) is 76.5 Å². The molecule has 2 aliphatic rings. The molecule has 40 heavy (non-hydrogen) atoms. The second-order valence-corrected chi connectivity index (χ2v) is 10.1. The highest BCUT2D eigenvalue weighted by atomic mass is 19.4. The molecular weight excluding hydrogens is 523 g/mol. The number of hydrogen-bond donors (Lipinski definition) is 0. The molecular formula is C29H30F3N5O3. The van der Waals surface area contributed by atoms with Crippen molar-refractivity contribution in [2.75, 3.05) is 44.2 Å². The van der Waals surface area contributed by atoms with E-state index in [9.17, 15) is 22.8 Å². The normalized spacial score (nSPS) is 19.9. The summed E-state index contributed by atoms with van der Waals surface area (Å²) in [5, 5.41) is 0. The number of hydrogen-bond acceptors (Lipinski definition) is 6. The van der Waals surface area contributed by atoms with Gasteiger partial charge in [-0.1, -0.05) is 23.8 Å². The van der Waals surface area contributed by atoms with E-state index >= 15 is 0 Å². The van der Waals surface area contributed by atoms with Crippen molar-refractivity contribution in [3.63, 3.8) is 0 Å². The summed E-state index contributed by atoms with van der Waals surface area (Å²) in [5.74, 6) is 0.169. The summed E-state index contributed by atoms with van der Waals surface area (Å²) < 4.78 is 47.4. The Labute approximate surface area is 230 Å². The Hall–Kier alpha value is -4.15. The van der Waals surface area contributed by atoms with Gasteiger partial charge in [-0.2, -0.15) is 13.2 Å². The molecule has 8 nitrogen and oxygen atoms in total. The highest BCUT2D eigenvalue weighted by Gasteiger charge is 2.49. The number of carbonyl (C=O) groups excluding carboxylic acids is 2. The van der Waals surface area contributed by atoms with Crippen LogP contribution in [0, 0.1) is 6.92 Å². The lowest BCUT2D eigenvalue weighted by molar-refractivity contribution is -0.153. The summed E-state index contributed by atoms with van der Waals surface area (Å²) in [5.41, 5.74) is -2.04. The van der Waals surface area contributed by atoms with E-state index in [1.54, 1.807) is 23.2 Å². The van der Waals surface area contributed by atoms with E-state index < -0.39 is 28.8 Å². The third-order valence-corrected chi connectivity index (χ3v) is 7.36. The first kappa shape index (κ1) is 27.4. The molecule has 0 spiro atoms. The van der Waals surface area contributed by atoms with Crippen LogP contribution in [0.3, 0.4) is 0 Å². The Kier molecular flexibility index (Phi) is 7.64. The first-order chi connectivity index (χ1) is 19.2. The third-order valence-electron chi connectivity index (χ3n) is 7.36. The molecule has 1 atom stereocenters. The van der Waals surface area contributed by atoms with Crippen LogP contribution >= 0.6 is 0 Å². The molecule has 0 unspecified atom stereocenters. The molecule has 0 radical (unpaired) electrons. The topological polar surface area (TPSA) is 78.9 Å². The largest absolute Gasteiger partial charge is 0.476 e. The van der Waals surface area contributed by atoms with E-state index in [0.717, 1.165) is 29.8 Å². The molecule has 3 aromatic rings. The number of piperidine rings is 1. The number of pyridine rings is 2. The maximum absolute atomic E-state index is 14.2. The number of ether oxygens (including phenoxy) is 1. The molecule has 5 rings (SSSR count). The molecule has 0 saturated carbocycles. The lowest BCUT2D eigenvalue weighted by Crippen LogP contribution is -2.64. The average Bonchev–Trinajstić information content (AvgIpc) is 2.98. The number of nitrogens with zero attached hydrogens (tertiary/aromatic N) is 5. The summed E-state index contributed by atoms with van der Waals surface area (Å²) in [6.45, 7) is 3.93. The first-order valence-corrected chi connectivity index (χ1v) is 13.2. The number of likely N-dealkylation sites (tertiary alicyclic amines) is 1. The molecule has 2 amide bonds. The van der Waals surface area contributed by atoms with Gasteiger partial charge in [-0.05, 0) is 50.1 Å². The van der Waals surface area contributed by atoms with Crippen molar-refractivity contribution in [1.29, 1.82) is 0 Å². The van der Waals surface area contributed by atoms with Crippen LogP contribution in [-0.2, 0) is 11.0 Å². The van der Waals surface area contributed by atoms with E-state index in [4.69, 9.17) is 4.74 Å². The molecule has 0 N–H and O–H groups in total. The number of anilines is 1. The smallest absolute Gasteiger partial charge is 0.417 e. The maximum Gasteiger partial charge on any atom is 0.417 e. The summed E-state index contributed by atoms with van der Waals surface area (Å²) in [6, 6.07) is 13.7. The van der Waals surface area contributed by atoms with Gasteiger partial charge in [-0.15, -0.1) is 0 Å². The Morgan fingerprint density at radius 3 is 2.35 bits per heavy atom. The number of rotatable bonds is 5. The zero-order valence-electron chi connectivity index (χ0n) is 22.1. The lowest BCUT2D eigenvalue weighted by Gasteiger charge is -2.45. The molecule has 2 saturated heterocycles. The van der Waals surface area contributed by atoms with Crippen LogP contribution in [0.15, 0.2) is 67.1 Å². The number of alkyl halides is 3. The van der Waals surface area contributed by atoms with Crippen LogP contribution in [0.25, 0.3) is 0 Å². The van der Waals surface area contributed by atoms with Crippen LogP contribution < -0.4 is 9.64 Å². The van der Waals surface area contributed by atoms with Crippen molar-refractivity contribution in [2.24, 2.45) is 0 Å². The molecule has 1 aromatic carbocycles. The number of halogens is 3. The zero-order chi connectivity index (χ0) is 28.3. The van der Waals surface area contributed by atoms with E-state index in [1.807, 2.05) is 37.3 Å². The number of amides is 2. The second kappa shape index (κ2) is 11.1. The molecule has 11 heteroatoms. The van der Waals surface area contributed by atoms with Gasteiger partial charge in [0.25, 0.3) is 11.8 Å². The number of carbonyl (C=O) groups is 2. The molecule has 2 fully saturated rings. The van der Waals surface area contributed by atoms with Gasteiger partial charge in [0.1, 0.15) is 11.6 Å². The van der Waals surface area contributed by atoms with Gasteiger partial charge in [0.05, 0.1) is 17.7 Å². The van der Waals surface area contributed by atoms with E-state index in [0.29, 0.717) is 44.8 Å². The van der Waals surface area contributed by atoms with Crippen molar-refractivity contribution < 1.29 is 27.5 Å². The summed E-state index contributed by atoms with van der Waals surface area (Å²) in [6.07, 6.45) is -0.350. The highest BCUT2D eigenvalue weighted by molar-refractivity contribution is 5.96. The standard InChI is InChI=1S/C29H30F3N5O3/c1-21-6-8-22(9-7-21)40-28(27(39)36-17-15-35(16-18-36)25-5-2-3-12-34-25)11-4-14-37(20-28)26(38)23-19-33-13-10-24(23)29(30,31)32/h2-3,5-10,12-13,19H,4,11,14-18,20H2,1H3/t28-/m0/s1. The summed E-state index contributed by atoms with van der Waals surface area (Å²) in [7, 11) is 0. The lowest BCUT2D eigenvalue weighted by atomic mass is 9.89. The predicted molar refractivity (Wildman–Crippen MR) is 142 cm³/mol. The Morgan fingerprint density at radius 2 is 1.68 bits per heavy atom. The fourth-order valence-electron chi connectivity index (χ4n) is 5.28. The molecule has 2 aromatic heterocycles. The zero-order valence-corrected chi connectivity index (χ0v) is 22.1. The monoisotopic (exact) mass is 553 g/mol. The third kappa shape index (κ3) is 5.73. The Morgan fingerprint density at radius 1 is 0.925 bits per heavy atom.